The maximum atomic E-state index is 10.2. The second-order valence-corrected chi connectivity index (χ2v) is 8.52. The molecule has 0 saturated carbocycles. The normalized spacial score (nSPS) is 18.0. The summed E-state index contributed by atoms with van der Waals surface area (Å²) in [5.41, 5.74) is 9.45. The fourth-order valence-electron chi connectivity index (χ4n) is 4.58. The van der Waals surface area contributed by atoms with Gasteiger partial charge in [-0.25, -0.2) is 0 Å². The van der Waals surface area contributed by atoms with Crippen LogP contribution in [0.3, 0.4) is 0 Å². The molecule has 0 aliphatic heterocycles. The average Bonchev–Trinajstić information content (AvgIpc) is 2.76. The number of phenolic OH excluding ortho intramolecular Hbond substituents is 3. The second kappa shape index (κ2) is 11.3. The molecule has 6 nitrogen and oxygen atoms in total. The minimum atomic E-state index is -0.0377. The van der Waals surface area contributed by atoms with Gasteiger partial charge in [0, 0.05) is 11.6 Å². The van der Waals surface area contributed by atoms with Crippen molar-refractivity contribution in [3.8, 4) is 23.0 Å². The molecule has 0 saturated heterocycles. The van der Waals surface area contributed by atoms with Gasteiger partial charge in [-0.15, -0.1) is 0 Å². The Kier molecular flexibility index (Phi) is 8.43. The topological polar surface area (TPSA) is 108 Å². The lowest BCUT2D eigenvalue weighted by atomic mass is 9.76. The van der Waals surface area contributed by atoms with Gasteiger partial charge in [-0.2, -0.15) is 0 Å². The Balaban J connectivity index is 1.31. The second-order valence-electron chi connectivity index (χ2n) is 8.52. The van der Waals surface area contributed by atoms with Gasteiger partial charge in [0.2, 0.25) is 0 Å². The molecule has 0 spiro atoms. The van der Waals surface area contributed by atoms with Crippen molar-refractivity contribution in [2.45, 2.75) is 63.3 Å². The van der Waals surface area contributed by atoms with Crippen molar-refractivity contribution in [1.82, 2.24) is 5.32 Å². The van der Waals surface area contributed by atoms with Gasteiger partial charge in [0.05, 0.1) is 7.11 Å². The van der Waals surface area contributed by atoms with E-state index in [1.165, 1.54) is 6.42 Å². The predicted molar refractivity (Wildman–Crippen MR) is 123 cm³/mol. The van der Waals surface area contributed by atoms with Crippen molar-refractivity contribution >= 4 is 0 Å². The van der Waals surface area contributed by atoms with Crippen LogP contribution in [0.25, 0.3) is 0 Å². The summed E-state index contributed by atoms with van der Waals surface area (Å²) in [7, 11) is 1.55. The summed E-state index contributed by atoms with van der Waals surface area (Å²) < 4.78 is 5.07. The SMILES string of the molecule is COc1ccc(CCNCCCCCCC2c3ccc(O)c(O)c3CCC2N)cc1O. The van der Waals surface area contributed by atoms with Crippen LogP contribution in [-0.2, 0) is 12.8 Å². The molecule has 1 aliphatic carbocycles. The van der Waals surface area contributed by atoms with Crippen LogP contribution in [-0.4, -0.2) is 41.6 Å². The number of nitrogens with two attached hydrogens (primary N) is 1. The Morgan fingerprint density at radius 3 is 2.58 bits per heavy atom. The third-order valence-electron chi connectivity index (χ3n) is 6.39. The standard InChI is InChI=1S/C25H36N2O4/c1-31-24-12-7-17(16-23(24)29)13-15-27-14-5-3-2-4-6-19-18-9-11-22(28)25(30)20(18)8-10-21(19)26/h7,9,11-12,16,19,21,27-30H,2-6,8,10,13-15,26H2,1H3. The molecule has 0 heterocycles. The van der Waals surface area contributed by atoms with Crippen molar-refractivity contribution in [3.63, 3.8) is 0 Å². The van der Waals surface area contributed by atoms with E-state index in [1.54, 1.807) is 25.3 Å². The molecule has 0 fully saturated rings. The number of fused-ring (bicyclic) bond motifs is 1. The van der Waals surface area contributed by atoms with E-state index in [9.17, 15) is 15.3 Å². The van der Waals surface area contributed by atoms with E-state index in [2.05, 4.69) is 5.32 Å². The van der Waals surface area contributed by atoms with Crippen molar-refractivity contribution in [1.29, 1.82) is 0 Å². The summed E-state index contributed by atoms with van der Waals surface area (Å²) in [6, 6.07) is 9.17. The molecule has 2 aromatic carbocycles. The highest BCUT2D eigenvalue weighted by molar-refractivity contribution is 5.51. The van der Waals surface area contributed by atoms with Gasteiger partial charge in [0.1, 0.15) is 0 Å². The summed E-state index contributed by atoms with van der Waals surface area (Å²) in [5, 5.41) is 33.2. The van der Waals surface area contributed by atoms with Crippen molar-refractivity contribution in [3.05, 3.63) is 47.0 Å². The Morgan fingerprint density at radius 1 is 1.00 bits per heavy atom. The number of hydrogen-bond acceptors (Lipinski definition) is 6. The highest BCUT2D eigenvalue weighted by Gasteiger charge is 2.29. The van der Waals surface area contributed by atoms with Gasteiger partial charge in [-0.05, 0) is 80.4 Å². The molecule has 0 aromatic heterocycles. The smallest absolute Gasteiger partial charge is 0.160 e. The zero-order chi connectivity index (χ0) is 22.2. The van der Waals surface area contributed by atoms with Crippen LogP contribution in [0, 0.1) is 0 Å². The number of hydrogen-bond donors (Lipinski definition) is 5. The maximum absolute atomic E-state index is 10.2. The molecule has 3 rings (SSSR count). The number of methoxy groups -OCH3 is 1. The van der Waals surface area contributed by atoms with Crippen LogP contribution in [0.4, 0.5) is 0 Å². The number of rotatable bonds is 11. The fourth-order valence-corrected chi connectivity index (χ4v) is 4.58. The van der Waals surface area contributed by atoms with E-state index in [0.29, 0.717) is 5.75 Å². The van der Waals surface area contributed by atoms with E-state index < -0.39 is 0 Å². The van der Waals surface area contributed by atoms with Crippen molar-refractivity contribution in [2.75, 3.05) is 20.2 Å². The quantitative estimate of drug-likeness (QED) is 0.274. The van der Waals surface area contributed by atoms with Crippen LogP contribution in [0.5, 0.6) is 23.0 Å². The van der Waals surface area contributed by atoms with Gasteiger partial charge in [-0.1, -0.05) is 31.4 Å². The maximum Gasteiger partial charge on any atom is 0.160 e. The molecule has 0 bridgehead atoms. The van der Waals surface area contributed by atoms with E-state index in [0.717, 1.165) is 74.7 Å². The third-order valence-corrected chi connectivity index (χ3v) is 6.39. The fraction of sp³-hybridized carbons (Fsp3) is 0.520. The number of unbranched alkanes of at least 4 members (excludes halogenated alkanes) is 3. The van der Waals surface area contributed by atoms with E-state index >= 15 is 0 Å². The Hall–Kier alpha value is -2.44. The van der Waals surface area contributed by atoms with Crippen LogP contribution in [0.1, 0.15) is 61.1 Å². The molecule has 2 atom stereocenters. The van der Waals surface area contributed by atoms with Gasteiger partial charge in [0.25, 0.3) is 0 Å². The first-order chi connectivity index (χ1) is 15.0. The average molecular weight is 429 g/mol. The van der Waals surface area contributed by atoms with Crippen molar-refractivity contribution < 1.29 is 20.1 Å². The summed E-state index contributed by atoms with van der Waals surface area (Å²) in [6.45, 7) is 1.87. The van der Waals surface area contributed by atoms with Gasteiger partial charge < -0.3 is 31.1 Å². The zero-order valence-corrected chi connectivity index (χ0v) is 18.4. The molecule has 170 valence electrons. The van der Waals surface area contributed by atoms with E-state index in [-0.39, 0.29) is 29.2 Å². The van der Waals surface area contributed by atoms with Crippen LogP contribution in [0.2, 0.25) is 0 Å². The van der Waals surface area contributed by atoms with Gasteiger partial charge in [0.15, 0.2) is 23.0 Å². The number of aromatic hydroxyl groups is 3. The summed E-state index contributed by atoms with van der Waals surface area (Å²) in [5.74, 6) is 0.945. The number of nitrogens with one attached hydrogen (secondary N) is 1. The number of ether oxygens (including phenoxy) is 1. The molecule has 2 aromatic rings. The molecule has 2 unspecified atom stereocenters. The van der Waals surface area contributed by atoms with E-state index in [1.807, 2.05) is 12.1 Å². The molecular formula is C25H36N2O4. The first kappa shape index (κ1) is 23.2. The lowest BCUT2D eigenvalue weighted by molar-refractivity contribution is 0.373. The number of benzene rings is 2. The van der Waals surface area contributed by atoms with Crippen LogP contribution >= 0.6 is 0 Å². The highest BCUT2D eigenvalue weighted by atomic mass is 16.5. The largest absolute Gasteiger partial charge is 0.504 e. The van der Waals surface area contributed by atoms with Crippen molar-refractivity contribution in [2.24, 2.45) is 5.73 Å². The molecule has 31 heavy (non-hydrogen) atoms. The first-order valence-corrected chi connectivity index (χ1v) is 11.4. The molecule has 6 heteroatoms. The third kappa shape index (κ3) is 6.05. The summed E-state index contributed by atoms with van der Waals surface area (Å²) in [6.07, 6.45) is 8.06. The Bertz CT molecular complexity index is 856. The molecule has 0 amide bonds. The zero-order valence-electron chi connectivity index (χ0n) is 18.4. The number of phenols is 3. The molecule has 6 N–H and O–H groups in total. The predicted octanol–water partition coefficient (Wildman–Crippen LogP) is 3.95. The summed E-state index contributed by atoms with van der Waals surface area (Å²) >= 11 is 0. The minimum Gasteiger partial charge on any atom is -0.504 e. The lowest BCUT2D eigenvalue weighted by Gasteiger charge is -2.32. The van der Waals surface area contributed by atoms with Crippen LogP contribution in [0.15, 0.2) is 30.3 Å². The minimum absolute atomic E-state index is 0.0327. The molecular weight excluding hydrogens is 392 g/mol. The van der Waals surface area contributed by atoms with Crippen LogP contribution < -0.4 is 15.8 Å². The molecule has 0 radical (unpaired) electrons. The first-order valence-electron chi connectivity index (χ1n) is 11.4. The molecule has 1 aliphatic rings. The summed E-state index contributed by atoms with van der Waals surface area (Å²) in [4.78, 5) is 0. The highest BCUT2D eigenvalue weighted by Crippen LogP contribution is 2.42. The Morgan fingerprint density at radius 2 is 1.81 bits per heavy atom. The van der Waals surface area contributed by atoms with Gasteiger partial charge in [-0.3, -0.25) is 0 Å². The Labute approximate surface area is 185 Å². The van der Waals surface area contributed by atoms with Gasteiger partial charge >= 0.3 is 0 Å². The lowest BCUT2D eigenvalue weighted by Crippen LogP contribution is -2.33. The monoisotopic (exact) mass is 428 g/mol. The van der Waals surface area contributed by atoms with E-state index in [4.69, 9.17) is 10.5 Å².